The third-order valence-corrected chi connectivity index (χ3v) is 5.87. The molecule has 2 fully saturated rings. The fourth-order valence-electron chi connectivity index (χ4n) is 3.97. The van der Waals surface area contributed by atoms with E-state index in [1.807, 2.05) is 18.5 Å². The van der Waals surface area contributed by atoms with Gasteiger partial charge in [-0.25, -0.2) is 13.8 Å². The fourth-order valence-corrected chi connectivity index (χ4v) is 3.97. The van der Waals surface area contributed by atoms with E-state index in [1.54, 1.807) is 4.90 Å². The predicted molar refractivity (Wildman–Crippen MR) is 129 cm³/mol. The number of para-hydroxylation sites is 1. The van der Waals surface area contributed by atoms with Gasteiger partial charge >= 0.3 is 0 Å². The molecule has 0 amide bonds. The highest BCUT2D eigenvalue weighted by Gasteiger charge is 2.27. The normalized spacial score (nSPS) is 21.0. The maximum atomic E-state index is 14.2. The summed E-state index contributed by atoms with van der Waals surface area (Å²) in [5, 5.41) is 15.0. The van der Waals surface area contributed by atoms with E-state index >= 15 is 0 Å². The molecule has 3 heterocycles. The van der Waals surface area contributed by atoms with Gasteiger partial charge in [-0.05, 0) is 38.3 Å². The van der Waals surface area contributed by atoms with E-state index in [-0.39, 0.29) is 41.8 Å². The molecular formula is C21H30F2IN7O. The minimum atomic E-state index is -0.538. The van der Waals surface area contributed by atoms with Crippen molar-refractivity contribution in [1.82, 2.24) is 25.4 Å². The molecule has 2 unspecified atom stereocenters. The first kappa shape index (κ1) is 24.6. The SMILES string of the molecule is Cc1nnc(CN=C(NCC2CCCO2)NC2CCN(c3c(F)cccc3F)C2)n1C.I. The van der Waals surface area contributed by atoms with Gasteiger partial charge in [0.25, 0.3) is 0 Å². The number of aryl methyl sites for hydroxylation is 1. The fraction of sp³-hybridized carbons (Fsp3) is 0.571. The standard InChI is InChI=1S/C21H29F2N7O.HI/c1-14-27-28-19(29(14)2)12-25-21(24-11-16-5-4-10-31-16)26-15-8-9-30(13-15)20-17(22)6-3-7-18(20)23;/h3,6-7,15-16H,4-5,8-13H2,1-2H3,(H2,24,25,26);1H. The molecule has 0 radical (unpaired) electrons. The summed E-state index contributed by atoms with van der Waals surface area (Å²) in [6, 6.07) is 3.97. The number of rotatable bonds is 6. The van der Waals surface area contributed by atoms with Gasteiger partial charge in [-0.3, -0.25) is 0 Å². The van der Waals surface area contributed by atoms with Crippen molar-refractivity contribution in [3.05, 3.63) is 41.5 Å². The third-order valence-electron chi connectivity index (χ3n) is 5.87. The van der Waals surface area contributed by atoms with Gasteiger partial charge in [-0.2, -0.15) is 0 Å². The van der Waals surface area contributed by atoms with Crippen molar-refractivity contribution in [3.63, 3.8) is 0 Å². The molecule has 0 bridgehead atoms. The first-order chi connectivity index (χ1) is 15.0. The average Bonchev–Trinajstić information content (AvgIpc) is 3.49. The van der Waals surface area contributed by atoms with Crippen molar-refractivity contribution in [2.75, 3.05) is 31.1 Å². The highest BCUT2D eigenvalue weighted by molar-refractivity contribution is 14.0. The zero-order valence-corrected chi connectivity index (χ0v) is 20.7. The van der Waals surface area contributed by atoms with Crippen LogP contribution in [-0.4, -0.2) is 59.1 Å². The molecule has 2 saturated heterocycles. The molecule has 0 spiro atoms. The van der Waals surface area contributed by atoms with Gasteiger partial charge in [0.15, 0.2) is 11.8 Å². The monoisotopic (exact) mass is 561 g/mol. The summed E-state index contributed by atoms with van der Waals surface area (Å²) in [7, 11) is 1.91. The number of hydrogen-bond acceptors (Lipinski definition) is 5. The van der Waals surface area contributed by atoms with Crippen LogP contribution in [0.4, 0.5) is 14.5 Å². The number of hydrogen-bond donors (Lipinski definition) is 2. The van der Waals surface area contributed by atoms with E-state index in [4.69, 9.17) is 4.74 Å². The molecule has 2 aliphatic rings. The molecule has 2 atom stereocenters. The summed E-state index contributed by atoms with van der Waals surface area (Å²) in [6.07, 6.45) is 3.00. The van der Waals surface area contributed by atoms with E-state index in [9.17, 15) is 8.78 Å². The summed E-state index contributed by atoms with van der Waals surface area (Å²) in [5.74, 6) is 1.15. The van der Waals surface area contributed by atoms with Crippen LogP contribution < -0.4 is 15.5 Å². The molecule has 2 aromatic rings. The van der Waals surface area contributed by atoms with Crippen molar-refractivity contribution < 1.29 is 13.5 Å². The molecule has 0 aliphatic carbocycles. The first-order valence-electron chi connectivity index (χ1n) is 10.7. The smallest absolute Gasteiger partial charge is 0.192 e. The number of nitrogens with zero attached hydrogens (tertiary/aromatic N) is 5. The van der Waals surface area contributed by atoms with Gasteiger partial charge in [-0.1, -0.05) is 6.07 Å². The van der Waals surface area contributed by atoms with Gasteiger partial charge < -0.3 is 24.8 Å². The molecule has 2 N–H and O–H groups in total. The molecule has 176 valence electrons. The maximum absolute atomic E-state index is 14.2. The predicted octanol–water partition coefficient (Wildman–Crippen LogP) is 2.51. The Labute approximate surface area is 203 Å². The number of guanidine groups is 1. The second kappa shape index (κ2) is 11.2. The van der Waals surface area contributed by atoms with E-state index in [1.165, 1.54) is 18.2 Å². The molecular weight excluding hydrogens is 531 g/mol. The van der Waals surface area contributed by atoms with Crippen LogP contribution in [-0.2, 0) is 18.3 Å². The van der Waals surface area contributed by atoms with Crippen LogP contribution in [0.5, 0.6) is 0 Å². The summed E-state index contributed by atoms with van der Waals surface area (Å²) >= 11 is 0. The lowest BCUT2D eigenvalue weighted by Crippen LogP contribution is -2.46. The number of nitrogens with one attached hydrogen (secondary N) is 2. The Hall–Kier alpha value is -2.02. The van der Waals surface area contributed by atoms with E-state index < -0.39 is 11.6 Å². The Morgan fingerprint density at radius 1 is 1.25 bits per heavy atom. The molecule has 4 rings (SSSR count). The summed E-state index contributed by atoms with van der Waals surface area (Å²) in [4.78, 5) is 6.42. The van der Waals surface area contributed by atoms with E-state index in [0.29, 0.717) is 32.1 Å². The zero-order chi connectivity index (χ0) is 21.8. The van der Waals surface area contributed by atoms with E-state index in [0.717, 1.165) is 37.5 Å². The van der Waals surface area contributed by atoms with Crippen LogP contribution in [0.25, 0.3) is 0 Å². The van der Waals surface area contributed by atoms with E-state index in [2.05, 4.69) is 25.8 Å². The zero-order valence-electron chi connectivity index (χ0n) is 18.4. The summed E-state index contributed by atoms with van der Waals surface area (Å²) in [6.45, 7) is 4.76. The van der Waals surface area contributed by atoms with Crippen LogP contribution >= 0.6 is 24.0 Å². The Kier molecular flexibility index (Phi) is 8.63. The lowest BCUT2D eigenvalue weighted by molar-refractivity contribution is 0.113. The largest absolute Gasteiger partial charge is 0.376 e. The highest BCUT2D eigenvalue weighted by atomic mass is 127. The van der Waals surface area contributed by atoms with Crippen LogP contribution in [0.15, 0.2) is 23.2 Å². The number of anilines is 1. The number of benzene rings is 1. The summed E-state index contributed by atoms with van der Waals surface area (Å²) < 4.78 is 35.9. The van der Waals surface area contributed by atoms with Gasteiger partial charge in [0.1, 0.15) is 29.7 Å². The van der Waals surface area contributed by atoms with Crippen LogP contribution in [0, 0.1) is 18.6 Å². The average molecular weight is 561 g/mol. The van der Waals surface area contributed by atoms with Gasteiger partial charge in [0.05, 0.1) is 6.10 Å². The van der Waals surface area contributed by atoms with Crippen LogP contribution in [0.2, 0.25) is 0 Å². The second-order valence-electron chi connectivity index (χ2n) is 8.05. The van der Waals surface area contributed by atoms with Crippen molar-refractivity contribution in [2.24, 2.45) is 12.0 Å². The van der Waals surface area contributed by atoms with Crippen LogP contribution in [0.1, 0.15) is 30.9 Å². The van der Waals surface area contributed by atoms with Gasteiger partial charge in [0.2, 0.25) is 0 Å². The van der Waals surface area contributed by atoms with Crippen molar-refractivity contribution in [1.29, 1.82) is 0 Å². The molecule has 1 aromatic heterocycles. The number of aromatic nitrogens is 3. The van der Waals surface area contributed by atoms with Crippen molar-refractivity contribution in [3.8, 4) is 0 Å². The minimum absolute atomic E-state index is 0. The van der Waals surface area contributed by atoms with Gasteiger partial charge in [-0.15, -0.1) is 34.2 Å². The number of halogens is 3. The topological polar surface area (TPSA) is 79.6 Å². The van der Waals surface area contributed by atoms with Crippen molar-refractivity contribution in [2.45, 2.75) is 44.9 Å². The molecule has 8 nitrogen and oxygen atoms in total. The Balaban J connectivity index is 0.00000289. The Morgan fingerprint density at radius 3 is 2.69 bits per heavy atom. The molecule has 11 heteroatoms. The third kappa shape index (κ3) is 5.85. The quantitative estimate of drug-likeness (QED) is 0.321. The second-order valence-corrected chi connectivity index (χ2v) is 8.05. The lowest BCUT2D eigenvalue weighted by Gasteiger charge is -2.22. The van der Waals surface area contributed by atoms with Crippen molar-refractivity contribution >= 4 is 35.6 Å². The highest BCUT2D eigenvalue weighted by Crippen LogP contribution is 2.26. The summed E-state index contributed by atoms with van der Waals surface area (Å²) in [5.41, 5.74) is 0.0344. The maximum Gasteiger partial charge on any atom is 0.192 e. The molecule has 0 saturated carbocycles. The van der Waals surface area contributed by atoms with Gasteiger partial charge in [0, 0.05) is 39.3 Å². The number of aliphatic imine (C=N–C) groups is 1. The minimum Gasteiger partial charge on any atom is -0.376 e. The Bertz CT molecular complexity index is 913. The number of ether oxygens (including phenoxy) is 1. The molecule has 32 heavy (non-hydrogen) atoms. The first-order valence-corrected chi connectivity index (χ1v) is 10.7. The molecule has 1 aromatic carbocycles. The lowest BCUT2D eigenvalue weighted by atomic mass is 10.2. The Morgan fingerprint density at radius 2 is 2.03 bits per heavy atom. The van der Waals surface area contributed by atoms with Crippen LogP contribution in [0.3, 0.4) is 0 Å². The molecule has 2 aliphatic heterocycles.